The van der Waals surface area contributed by atoms with Crippen LogP contribution < -0.4 is 0 Å². The number of aliphatic hydroxyl groups excluding tert-OH is 1. The van der Waals surface area contributed by atoms with Gasteiger partial charge >= 0.3 is 0 Å². The average Bonchev–Trinajstić information content (AvgIpc) is 2.35. The van der Waals surface area contributed by atoms with Gasteiger partial charge in [-0.1, -0.05) is 20.8 Å². The summed E-state index contributed by atoms with van der Waals surface area (Å²) in [5, 5.41) is 9.87. The predicted octanol–water partition coefficient (Wildman–Crippen LogP) is 4.90. The topological polar surface area (TPSA) is 37.3 Å². The minimum absolute atomic E-state index is 0.0609. The number of carbonyl (C=O) groups is 1. The van der Waals surface area contributed by atoms with E-state index in [0.29, 0.717) is 6.42 Å². The minimum atomic E-state index is -2.46. The number of aliphatic hydroxyl groups is 1. The van der Waals surface area contributed by atoms with E-state index in [1.54, 1.807) is 6.92 Å². The van der Waals surface area contributed by atoms with Crippen LogP contribution in [0.15, 0.2) is 11.8 Å². The van der Waals surface area contributed by atoms with Crippen molar-refractivity contribution in [1.82, 2.24) is 0 Å². The highest BCUT2D eigenvalue weighted by molar-refractivity contribution is 5.92. The second kappa shape index (κ2) is 7.19. The molecule has 1 rings (SSSR count). The molecule has 2 nitrogen and oxygen atoms in total. The normalized spacial score (nSPS) is 22.0. The van der Waals surface area contributed by atoms with Crippen LogP contribution in [0.2, 0.25) is 0 Å². The Kier molecular flexibility index (Phi) is 6.15. The molecule has 1 aliphatic rings. The summed E-state index contributed by atoms with van der Waals surface area (Å²) in [7, 11) is 0. The van der Waals surface area contributed by atoms with E-state index in [1.165, 1.54) is 6.08 Å². The van der Waals surface area contributed by atoms with Gasteiger partial charge in [-0.25, -0.2) is 8.78 Å². The molecule has 1 N–H and O–H groups in total. The Hall–Kier alpha value is -0.930. The monoisotopic (exact) mass is 288 g/mol. The van der Waals surface area contributed by atoms with Gasteiger partial charge in [-0.05, 0) is 37.5 Å². The number of hydrogen-bond acceptors (Lipinski definition) is 2. The fourth-order valence-corrected chi connectivity index (χ4v) is 2.78. The SMILES string of the molecule is CCC(CC(F)F)C(O)=CC(=O)C1CCC(C)(C)CC1. The van der Waals surface area contributed by atoms with Crippen molar-refractivity contribution in [1.29, 1.82) is 0 Å². The molecule has 0 amide bonds. The molecule has 0 spiro atoms. The maximum Gasteiger partial charge on any atom is 0.239 e. The first-order chi connectivity index (χ1) is 9.25. The molecular formula is C16H26F2O2. The first kappa shape index (κ1) is 17.1. The molecule has 1 unspecified atom stereocenters. The lowest BCUT2D eigenvalue weighted by Gasteiger charge is -2.33. The summed E-state index contributed by atoms with van der Waals surface area (Å²) in [6.45, 7) is 6.12. The summed E-state index contributed by atoms with van der Waals surface area (Å²) in [5.41, 5.74) is 0.282. The number of hydrogen-bond donors (Lipinski definition) is 1. The number of allylic oxidation sites excluding steroid dienone is 2. The number of ketones is 1. The van der Waals surface area contributed by atoms with Gasteiger partial charge in [0.05, 0.1) is 5.76 Å². The quantitative estimate of drug-likeness (QED) is 0.558. The van der Waals surface area contributed by atoms with Crippen molar-refractivity contribution in [3.63, 3.8) is 0 Å². The molecule has 20 heavy (non-hydrogen) atoms. The van der Waals surface area contributed by atoms with E-state index in [9.17, 15) is 18.7 Å². The Bertz CT molecular complexity index is 351. The highest BCUT2D eigenvalue weighted by Gasteiger charge is 2.30. The third-order valence-electron chi connectivity index (χ3n) is 4.41. The van der Waals surface area contributed by atoms with Crippen molar-refractivity contribution in [2.45, 2.75) is 65.7 Å². The van der Waals surface area contributed by atoms with E-state index in [2.05, 4.69) is 13.8 Å². The molecule has 1 saturated carbocycles. The summed E-state index contributed by atoms with van der Waals surface area (Å²) in [6.07, 6.45) is 2.39. The highest BCUT2D eigenvalue weighted by atomic mass is 19.3. The van der Waals surface area contributed by atoms with Gasteiger partial charge in [0.2, 0.25) is 6.43 Å². The lowest BCUT2D eigenvalue weighted by molar-refractivity contribution is -0.119. The van der Waals surface area contributed by atoms with Gasteiger partial charge in [0.1, 0.15) is 0 Å². The highest BCUT2D eigenvalue weighted by Crippen LogP contribution is 2.38. The average molecular weight is 288 g/mol. The largest absolute Gasteiger partial charge is 0.512 e. The van der Waals surface area contributed by atoms with E-state index < -0.39 is 12.3 Å². The molecule has 0 aromatic rings. The van der Waals surface area contributed by atoms with Crippen LogP contribution in [-0.4, -0.2) is 17.3 Å². The lowest BCUT2D eigenvalue weighted by Crippen LogP contribution is -2.25. The summed E-state index contributed by atoms with van der Waals surface area (Å²) >= 11 is 0. The fraction of sp³-hybridized carbons (Fsp3) is 0.812. The second-order valence-electron chi connectivity index (χ2n) is 6.64. The zero-order chi connectivity index (χ0) is 15.3. The number of alkyl halides is 2. The van der Waals surface area contributed by atoms with E-state index in [-0.39, 0.29) is 29.3 Å². The Balaban J connectivity index is 2.61. The van der Waals surface area contributed by atoms with Crippen LogP contribution in [0.5, 0.6) is 0 Å². The van der Waals surface area contributed by atoms with Gasteiger partial charge in [-0.3, -0.25) is 4.79 Å². The van der Waals surface area contributed by atoms with E-state index in [0.717, 1.165) is 25.7 Å². The van der Waals surface area contributed by atoms with Gasteiger partial charge in [0.15, 0.2) is 5.78 Å². The van der Waals surface area contributed by atoms with Crippen LogP contribution in [0.25, 0.3) is 0 Å². The zero-order valence-corrected chi connectivity index (χ0v) is 12.7. The van der Waals surface area contributed by atoms with Crippen molar-refractivity contribution in [3.8, 4) is 0 Å². The van der Waals surface area contributed by atoms with E-state index in [1.807, 2.05) is 0 Å². The number of rotatable bonds is 6. The Labute approximate surface area is 120 Å². The van der Waals surface area contributed by atoms with Crippen molar-refractivity contribution < 1.29 is 18.7 Å². The van der Waals surface area contributed by atoms with Crippen molar-refractivity contribution in [2.24, 2.45) is 17.3 Å². The summed E-state index contributed by atoms with van der Waals surface area (Å²) in [6, 6.07) is 0. The molecule has 1 aliphatic carbocycles. The van der Waals surface area contributed by atoms with Gasteiger partial charge in [-0.15, -0.1) is 0 Å². The van der Waals surface area contributed by atoms with Crippen LogP contribution in [-0.2, 0) is 4.79 Å². The minimum Gasteiger partial charge on any atom is -0.512 e. The molecule has 0 aromatic heterocycles. The lowest BCUT2D eigenvalue weighted by atomic mass is 9.72. The summed E-state index contributed by atoms with van der Waals surface area (Å²) in [4.78, 5) is 12.1. The molecule has 1 atom stereocenters. The Morgan fingerprint density at radius 1 is 1.35 bits per heavy atom. The molecule has 0 aromatic carbocycles. The second-order valence-corrected chi connectivity index (χ2v) is 6.64. The van der Waals surface area contributed by atoms with Crippen LogP contribution in [0.4, 0.5) is 8.78 Å². The van der Waals surface area contributed by atoms with Gasteiger partial charge in [0.25, 0.3) is 0 Å². The standard InChI is InChI=1S/C16H26F2O2/c1-4-11(9-15(17)18)13(19)10-14(20)12-5-7-16(2,3)8-6-12/h10-12,15,19H,4-9H2,1-3H3. The molecule has 0 aliphatic heterocycles. The molecule has 0 bridgehead atoms. The van der Waals surface area contributed by atoms with E-state index in [4.69, 9.17) is 0 Å². The van der Waals surface area contributed by atoms with E-state index >= 15 is 0 Å². The molecule has 0 radical (unpaired) electrons. The van der Waals surface area contributed by atoms with Gasteiger partial charge < -0.3 is 5.11 Å². The molecule has 0 heterocycles. The van der Waals surface area contributed by atoms with Crippen molar-refractivity contribution in [3.05, 3.63) is 11.8 Å². The molecule has 1 fully saturated rings. The first-order valence-electron chi connectivity index (χ1n) is 7.47. The van der Waals surface area contributed by atoms with Gasteiger partial charge in [-0.2, -0.15) is 0 Å². The van der Waals surface area contributed by atoms with Crippen LogP contribution in [0.1, 0.15) is 59.3 Å². The maximum absolute atomic E-state index is 12.4. The third-order valence-corrected chi connectivity index (χ3v) is 4.41. The van der Waals surface area contributed by atoms with Crippen LogP contribution in [0, 0.1) is 17.3 Å². The number of carbonyl (C=O) groups excluding carboxylic acids is 1. The smallest absolute Gasteiger partial charge is 0.239 e. The first-order valence-corrected chi connectivity index (χ1v) is 7.47. The molecule has 116 valence electrons. The third kappa shape index (κ3) is 5.22. The molecule has 4 heteroatoms. The Morgan fingerprint density at radius 2 is 1.90 bits per heavy atom. The van der Waals surface area contributed by atoms with Crippen molar-refractivity contribution in [2.75, 3.05) is 0 Å². The Morgan fingerprint density at radius 3 is 2.35 bits per heavy atom. The van der Waals surface area contributed by atoms with Crippen LogP contribution >= 0.6 is 0 Å². The summed E-state index contributed by atoms with van der Waals surface area (Å²) in [5.74, 6) is -0.957. The van der Waals surface area contributed by atoms with Crippen molar-refractivity contribution >= 4 is 5.78 Å². The molecular weight excluding hydrogens is 262 g/mol. The van der Waals surface area contributed by atoms with Gasteiger partial charge in [0, 0.05) is 24.3 Å². The van der Waals surface area contributed by atoms with Crippen LogP contribution in [0.3, 0.4) is 0 Å². The predicted molar refractivity (Wildman–Crippen MR) is 75.9 cm³/mol. The number of halogens is 2. The maximum atomic E-state index is 12.4. The summed E-state index contributed by atoms with van der Waals surface area (Å²) < 4.78 is 24.8. The zero-order valence-electron chi connectivity index (χ0n) is 12.7. The molecule has 0 saturated heterocycles. The fourth-order valence-electron chi connectivity index (χ4n) is 2.78.